The van der Waals surface area contributed by atoms with E-state index in [4.69, 9.17) is 4.74 Å². The summed E-state index contributed by atoms with van der Waals surface area (Å²) in [6, 6.07) is 0. The molecule has 5 aliphatic carbocycles. The molecule has 46 heavy (non-hydrogen) atoms. The average molecular weight is 639 g/mol. The lowest BCUT2D eigenvalue weighted by Gasteiger charge is -2.71. The van der Waals surface area contributed by atoms with Crippen molar-refractivity contribution >= 4 is 11.9 Å². The third kappa shape index (κ3) is 5.84. The zero-order chi connectivity index (χ0) is 33.5. The number of esters is 1. The maximum absolute atomic E-state index is 13.1. The standard InChI is InChI=1S/C42H70O4/c1-9-10-11-12-13-14-15-16-17-18-35(43)46-34-23-24-39(6)32(38(34,4)5)22-25-41(8)33(39)20-19-31-36-30(3)29(2)21-26-42(36,37(44)45)28-27-40(31,41)7/h19,29-30,32-34,36H,9-18,20-28H2,1-8H3,(H,44,45)/t29-,30+,32?,33-,34+,36+,39+,40-,41-,42+/m1/s1. The third-order valence-electron chi connectivity index (χ3n) is 16.1. The molecule has 0 aromatic rings. The number of hydrogen-bond donors (Lipinski definition) is 1. The summed E-state index contributed by atoms with van der Waals surface area (Å²) in [4.78, 5) is 26.1. The maximum atomic E-state index is 13.1. The molecule has 4 heteroatoms. The number of fused-ring (bicyclic) bond motifs is 7. The Morgan fingerprint density at radius 3 is 2.11 bits per heavy atom. The summed E-state index contributed by atoms with van der Waals surface area (Å²) in [5.74, 6) is 1.69. The molecule has 0 spiro atoms. The van der Waals surface area contributed by atoms with Gasteiger partial charge in [0.2, 0.25) is 0 Å². The lowest BCUT2D eigenvalue weighted by atomic mass is 9.33. The zero-order valence-electron chi connectivity index (χ0n) is 31.1. The molecule has 0 heterocycles. The van der Waals surface area contributed by atoms with E-state index in [9.17, 15) is 14.7 Å². The lowest BCUT2D eigenvalue weighted by molar-refractivity contribution is -0.214. The summed E-state index contributed by atoms with van der Waals surface area (Å²) in [5.41, 5.74) is 1.27. The van der Waals surface area contributed by atoms with E-state index in [0.717, 1.165) is 57.8 Å². The minimum atomic E-state index is -0.584. The molecule has 0 radical (unpaired) electrons. The van der Waals surface area contributed by atoms with Gasteiger partial charge in [-0.05, 0) is 110 Å². The molecule has 1 unspecified atom stereocenters. The fourth-order valence-electron chi connectivity index (χ4n) is 12.8. The molecule has 10 atom stereocenters. The summed E-state index contributed by atoms with van der Waals surface area (Å²) in [6.07, 6.45) is 23.7. The Morgan fingerprint density at radius 1 is 0.804 bits per heavy atom. The van der Waals surface area contributed by atoms with Crippen molar-refractivity contribution in [2.45, 2.75) is 183 Å². The maximum Gasteiger partial charge on any atom is 0.310 e. The van der Waals surface area contributed by atoms with Gasteiger partial charge in [0.15, 0.2) is 0 Å². The molecular formula is C42H70O4. The normalized spacial score (nSPS) is 42.9. The van der Waals surface area contributed by atoms with E-state index in [-0.39, 0.29) is 39.7 Å². The van der Waals surface area contributed by atoms with E-state index in [0.29, 0.717) is 30.1 Å². The number of ether oxygens (including phenoxy) is 1. The second-order valence-corrected chi connectivity index (χ2v) is 18.5. The highest BCUT2D eigenvalue weighted by Gasteiger charge is 2.69. The van der Waals surface area contributed by atoms with E-state index in [1.165, 1.54) is 63.4 Å². The Balaban J connectivity index is 1.26. The van der Waals surface area contributed by atoms with Gasteiger partial charge in [0.25, 0.3) is 0 Å². The first-order valence-corrected chi connectivity index (χ1v) is 19.8. The van der Waals surface area contributed by atoms with Gasteiger partial charge in [0, 0.05) is 11.8 Å². The third-order valence-corrected chi connectivity index (χ3v) is 16.1. The van der Waals surface area contributed by atoms with Gasteiger partial charge in [-0.15, -0.1) is 0 Å². The van der Waals surface area contributed by atoms with Crippen molar-refractivity contribution in [2.75, 3.05) is 0 Å². The Morgan fingerprint density at radius 2 is 1.46 bits per heavy atom. The number of aliphatic carboxylic acids is 1. The van der Waals surface area contributed by atoms with Gasteiger partial charge in [-0.1, -0.05) is 118 Å². The summed E-state index contributed by atoms with van der Waals surface area (Å²) in [5, 5.41) is 10.7. The SMILES string of the molecule is CCCCCCCCCCCC(=O)O[C@H]1CC[C@@]2(C)C(CC[C@]3(C)[C@@H]2CC=C2[C@@H]4[C@@H](C)[C@H](C)CC[C@]4(C(=O)O)CC[C@]23C)C1(C)C. The van der Waals surface area contributed by atoms with Gasteiger partial charge in [0.05, 0.1) is 5.41 Å². The van der Waals surface area contributed by atoms with Crippen molar-refractivity contribution in [2.24, 2.45) is 56.7 Å². The van der Waals surface area contributed by atoms with Crippen molar-refractivity contribution < 1.29 is 19.4 Å². The van der Waals surface area contributed by atoms with Crippen molar-refractivity contribution in [1.29, 1.82) is 0 Å². The van der Waals surface area contributed by atoms with Gasteiger partial charge >= 0.3 is 11.9 Å². The fourth-order valence-corrected chi connectivity index (χ4v) is 12.8. The van der Waals surface area contributed by atoms with Crippen LogP contribution in [0.4, 0.5) is 0 Å². The Kier molecular flexibility index (Phi) is 10.6. The van der Waals surface area contributed by atoms with Crippen molar-refractivity contribution in [3.05, 3.63) is 11.6 Å². The van der Waals surface area contributed by atoms with Crippen LogP contribution in [0, 0.1) is 56.7 Å². The number of hydrogen-bond acceptors (Lipinski definition) is 3. The number of carbonyl (C=O) groups is 2. The summed E-state index contributed by atoms with van der Waals surface area (Å²) < 4.78 is 6.35. The Bertz CT molecular complexity index is 1140. The van der Waals surface area contributed by atoms with Crippen LogP contribution in [0.5, 0.6) is 0 Å². The summed E-state index contributed by atoms with van der Waals surface area (Å²) in [6.45, 7) is 19.5. The molecule has 1 N–H and O–H groups in total. The van der Waals surface area contributed by atoms with Gasteiger partial charge in [-0.3, -0.25) is 9.59 Å². The van der Waals surface area contributed by atoms with Crippen LogP contribution in [0.2, 0.25) is 0 Å². The lowest BCUT2D eigenvalue weighted by Crippen LogP contribution is -2.65. The molecule has 0 aromatic heterocycles. The topological polar surface area (TPSA) is 63.6 Å². The van der Waals surface area contributed by atoms with Crippen LogP contribution in [0.1, 0.15) is 177 Å². The van der Waals surface area contributed by atoms with Crippen LogP contribution in [-0.4, -0.2) is 23.1 Å². The summed E-state index contributed by atoms with van der Waals surface area (Å²) in [7, 11) is 0. The highest BCUT2D eigenvalue weighted by Crippen LogP contribution is 2.75. The average Bonchev–Trinajstić information content (AvgIpc) is 2.99. The van der Waals surface area contributed by atoms with E-state index >= 15 is 0 Å². The predicted molar refractivity (Wildman–Crippen MR) is 188 cm³/mol. The van der Waals surface area contributed by atoms with Crippen molar-refractivity contribution in [3.8, 4) is 0 Å². The van der Waals surface area contributed by atoms with Gasteiger partial charge in [-0.2, -0.15) is 0 Å². The molecule has 262 valence electrons. The first-order chi connectivity index (χ1) is 21.7. The van der Waals surface area contributed by atoms with Crippen LogP contribution < -0.4 is 0 Å². The number of carboxylic acids is 1. The van der Waals surface area contributed by atoms with Crippen LogP contribution in [-0.2, 0) is 14.3 Å². The second-order valence-electron chi connectivity index (χ2n) is 18.5. The van der Waals surface area contributed by atoms with E-state index in [2.05, 4.69) is 61.5 Å². The molecule has 4 nitrogen and oxygen atoms in total. The minimum absolute atomic E-state index is 0.00159. The quantitative estimate of drug-likeness (QED) is 0.131. The molecule has 5 aliphatic rings. The van der Waals surface area contributed by atoms with Crippen LogP contribution in [0.25, 0.3) is 0 Å². The number of unbranched alkanes of at least 4 members (excludes halogenated alkanes) is 8. The van der Waals surface area contributed by atoms with Crippen molar-refractivity contribution in [1.82, 2.24) is 0 Å². The molecule has 0 bridgehead atoms. The van der Waals surface area contributed by atoms with E-state index in [1.54, 1.807) is 0 Å². The van der Waals surface area contributed by atoms with Gasteiger partial charge in [0.1, 0.15) is 6.10 Å². The highest BCUT2D eigenvalue weighted by molar-refractivity contribution is 5.76. The van der Waals surface area contributed by atoms with E-state index in [1.807, 2.05) is 0 Å². The molecule has 5 rings (SSSR count). The smallest absolute Gasteiger partial charge is 0.310 e. The fraction of sp³-hybridized carbons (Fsp3) is 0.905. The molecular weight excluding hydrogens is 568 g/mol. The molecule has 0 saturated heterocycles. The summed E-state index contributed by atoms with van der Waals surface area (Å²) >= 11 is 0. The Hall–Kier alpha value is -1.32. The van der Waals surface area contributed by atoms with Crippen molar-refractivity contribution in [3.63, 3.8) is 0 Å². The largest absolute Gasteiger partial charge is 0.481 e. The molecule has 0 amide bonds. The van der Waals surface area contributed by atoms with Gasteiger partial charge in [-0.25, -0.2) is 0 Å². The number of allylic oxidation sites excluding steroid dienone is 2. The molecule has 0 aliphatic heterocycles. The van der Waals surface area contributed by atoms with Crippen LogP contribution in [0.15, 0.2) is 11.6 Å². The minimum Gasteiger partial charge on any atom is -0.481 e. The van der Waals surface area contributed by atoms with Crippen LogP contribution in [0.3, 0.4) is 0 Å². The number of rotatable bonds is 12. The number of carbonyl (C=O) groups excluding carboxylic acids is 1. The first kappa shape index (κ1) is 36.0. The first-order valence-electron chi connectivity index (χ1n) is 19.8. The second kappa shape index (κ2) is 13.5. The Labute approximate surface area is 282 Å². The molecule has 0 aromatic carbocycles. The number of carboxylic acid groups (broad SMARTS) is 1. The molecule has 4 saturated carbocycles. The van der Waals surface area contributed by atoms with Gasteiger partial charge < -0.3 is 9.84 Å². The zero-order valence-corrected chi connectivity index (χ0v) is 31.1. The monoisotopic (exact) mass is 639 g/mol. The van der Waals surface area contributed by atoms with Crippen LogP contribution >= 0.6 is 0 Å². The predicted octanol–water partition coefficient (Wildman–Crippen LogP) is 11.6. The highest BCUT2D eigenvalue weighted by atomic mass is 16.5. The molecule has 4 fully saturated rings. The van der Waals surface area contributed by atoms with E-state index < -0.39 is 11.4 Å².